The Labute approximate surface area is 142 Å². The Hall–Kier alpha value is -2.26. The highest BCUT2D eigenvalue weighted by molar-refractivity contribution is 7.20. The molecular formula is C15H21N4O4S+. The average Bonchev–Trinajstić information content (AvgIpc) is 2.89. The van der Waals surface area contributed by atoms with Gasteiger partial charge in [-0.2, -0.15) is 0 Å². The lowest BCUT2D eigenvalue weighted by Crippen LogP contribution is -2.87. The normalized spacial score (nSPS) is 12.2. The number of esters is 1. The molecule has 4 N–H and O–H groups in total. The predicted molar refractivity (Wildman–Crippen MR) is 90.2 cm³/mol. The van der Waals surface area contributed by atoms with Gasteiger partial charge in [0.15, 0.2) is 12.4 Å². The Balaban J connectivity index is 2.37. The standard InChI is InChI=1S/C15H20N4O4S/c1-5-23-15(22)11-7(2)10-13(21)18-12(19-14(10)24-11)8(3)17-6-9(20)16-4/h8,17H,5-6H2,1-4H3,(H,16,20)(H,18,19,21)/p+1/t8-/m0/s1. The zero-order valence-electron chi connectivity index (χ0n) is 14.1. The third kappa shape index (κ3) is 3.62. The maximum Gasteiger partial charge on any atom is 0.348 e. The molecule has 0 aliphatic rings. The summed E-state index contributed by atoms with van der Waals surface area (Å²) in [5, 5.41) is 4.72. The number of aromatic nitrogens is 2. The molecule has 0 fully saturated rings. The first kappa shape index (κ1) is 18.1. The minimum atomic E-state index is -0.446. The number of nitrogens with two attached hydrogens (primary N) is 1. The van der Waals surface area contributed by atoms with E-state index < -0.39 is 5.97 Å². The number of hydrogen-bond acceptors (Lipinski definition) is 6. The highest BCUT2D eigenvalue weighted by atomic mass is 32.1. The average molecular weight is 353 g/mol. The van der Waals surface area contributed by atoms with Crippen LogP contribution in [0.4, 0.5) is 0 Å². The van der Waals surface area contributed by atoms with Crippen LogP contribution in [0.5, 0.6) is 0 Å². The molecule has 2 heterocycles. The van der Waals surface area contributed by atoms with E-state index in [4.69, 9.17) is 4.74 Å². The number of hydrogen-bond donors (Lipinski definition) is 3. The topological polar surface area (TPSA) is 118 Å². The summed E-state index contributed by atoms with van der Waals surface area (Å²) in [5.74, 6) is -0.0897. The molecule has 0 aliphatic heterocycles. The minimum absolute atomic E-state index is 0.109. The van der Waals surface area contributed by atoms with Crippen LogP contribution in [-0.4, -0.2) is 42.0 Å². The number of ether oxygens (including phenoxy) is 1. The van der Waals surface area contributed by atoms with Crippen molar-refractivity contribution in [3.63, 3.8) is 0 Å². The van der Waals surface area contributed by atoms with E-state index in [1.54, 1.807) is 26.2 Å². The van der Waals surface area contributed by atoms with Crippen molar-refractivity contribution in [2.45, 2.75) is 26.8 Å². The van der Waals surface area contributed by atoms with Crippen LogP contribution in [0.3, 0.4) is 0 Å². The zero-order valence-corrected chi connectivity index (χ0v) is 14.9. The number of H-pyrrole nitrogens is 1. The molecule has 0 unspecified atom stereocenters. The van der Waals surface area contributed by atoms with Gasteiger partial charge in [-0.3, -0.25) is 9.59 Å². The Morgan fingerprint density at radius 3 is 2.79 bits per heavy atom. The summed E-state index contributed by atoms with van der Waals surface area (Å²) in [5.41, 5.74) is 0.287. The molecule has 0 spiro atoms. The number of nitrogens with zero attached hydrogens (tertiary/aromatic N) is 1. The monoisotopic (exact) mass is 353 g/mol. The summed E-state index contributed by atoms with van der Waals surface area (Å²) in [6.45, 7) is 5.79. The highest BCUT2D eigenvalue weighted by Gasteiger charge is 2.22. The smallest absolute Gasteiger partial charge is 0.348 e. The number of likely N-dealkylation sites (N-methyl/N-ethyl adjacent to an activating group) is 1. The van der Waals surface area contributed by atoms with E-state index in [9.17, 15) is 14.4 Å². The fourth-order valence-electron chi connectivity index (χ4n) is 2.27. The zero-order chi connectivity index (χ0) is 17.9. The molecule has 0 aliphatic carbocycles. The summed E-state index contributed by atoms with van der Waals surface area (Å²) in [7, 11) is 1.57. The maximum absolute atomic E-state index is 12.4. The van der Waals surface area contributed by atoms with Crippen LogP contribution >= 0.6 is 11.3 Å². The van der Waals surface area contributed by atoms with Crippen LogP contribution in [0.25, 0.3) is 10.2 Å². The van der Waals surface area contributed by atoms with E-state index in [1.165, 1.54) is 0 Å². The molecule has 2 rings (SSSR count). The predicted octanol–water partition coefficient (Wildman–Crippen LogP) is -0.160. The van der Waals surface area contributed by atoms with Gasteiger partial charge in [0, 0.05) is 7.05 Å². The van der Waals surface area contributed by atoms with Gasteiger partial charge >= 0.3 is 5.97 Å². The van der Waals surface area contributed by atoms with Gasteiger partial charge in [0.1, 0.15) is 15.7 Å². The molecule has 2 aromatic rings. The number of amides is 1. The second kappa shape index (κ2) is 7.54. The number of quaternary nitrogens is 1. The number of carbonyl (C=O) groups excluding carboxylic acids is 2. The number of rotatable bonds is 6. The Morgan fingerprint density at radius 2 is 2.17 bits per heavy atom. The van der Waals surface area contributed by atoms with Gasteiger partial charge in [0.25, 0.3) is 11.5 Å². The molecule has 1 amide bonds. The molecule has 1 atom stereocenters. The molecule has 2 aromatic heterocycles. The lowest BCUT2D eigenvalue weighted by atomic mass is 10.2. The van der Waals surface area contributed by atoms with Crippen LogP contribution in [0.2, 0.25) is 0 Å². The largest absolute Gasteiger partial charge is 0.462 e. The summed E-state index contributed by atoms with van der Waals surface area (Å²) in [6.07, 6.45) is 0. The second-order valence-corrected chi connectivity index (χ2v) is 6.31. The third-order valence-electron chi connectivity index (χ3n) is 3.65. The molecule has 0 saturated heterocycles. The summed E-state index contributed by atoms with van der Waals surface area (Å²) in [6, 6.07) is -0.201. The van der Waals surface area contributed by atoms with Crippen molar-refractivity contribution in [2.24, 2.45) is 0 Å². The Morgan fingerprint density at radius 1 is 1.46 bits per heavy atom. The van der Waals surface area contributed by atoms with E-state index in [2.05, 4.69) is 15.3 Å². The molecule has 0 aromatic carbocycles. The molecule has 9 heteroatoms. The van der Waals surface area contributed by atoms with Crippen molar-refractivity contribution >= 4 is 33.4 Å². The van der Waals surface area contributed by atoms with Crippen molar-refractivity contribution in [3.05, 3.63) is 26.6 Å². The van der Waals surface area contributed by atoms with E-state index in [1.807, 2.05) is 6.92 Å². The van der Waals surface area contributed by atoms with Gasteiger partial charge in [0.2, 0.25) is 0 Å². The Kier molecular flexibility index (Phi) is 5.68. The van der Waals surface area contributed by atoms with E-state index >= 15 is 0 Å². The van der Waals surface area contributed by atoms with Crippen molar-refractivity contribution in [1.29, 1.82) is 0 Å². The summed E-state index contributed by atoms with van der Waals surface area (Å²) < 4.78 is 5.01. The molecule has 130 valence electrons. The number of aryl methyl sites for hydroxylation is 1. The fraction of sp³-hybridized carbons (Fsp3) is 0.467. The van der Waals surface area contributed by atoms with Crippen molar-refractivity contribution < 1.29 is 19.6 Å². The molecular weight excluding hydrogens is 332 g/mol. The van der Waals surface area contributed by atoms with Gasteiger partial charge < -0.3 is 20.4 Å². The first-order valence-corrected chi connectivity index (χ1v) is 8.45. The van der Waals surface area contributed by atoms with E-state index in [0.29, 0.717) is 26.5 Å². The van der Waals surface area contributed by atoms with Crippen LogP contribution in [0.1, 0.15) is 40.9 Å². The first-order chi connectivity index (χ1) is 11.4. The van der Waals surface area contributed by atoms with Gasteiger partial charge in [-0.25, -0.2) is 9.78 Å². The van der Waals surface area contributed by atoms with Crippen molar-refractivity contribution in [2.75, 3.05) is 20.2 Å². The van der Waals surface area contributed by atoms with Gasteiger partial charge in [0.05, 0.1) is 12.0 Å². The maximum atomic E-state index is 12.4. The minimum Gasteiger partial charge on any atom is -0.462 e. The quantitative estimate of drug-likeness (QED) is 0.624. The highest BCUT2D eigenvalue weighted by Crippen LogP contribution is 2.27. The molecule has 0 radical (unpaired) electrons. The number of aromatic amines is 1. The van der Waals surface area contributed by atoms with Crippen molar-refractivity contribution in [3.8, 4) is 0 Å². The first-order valence-electron chi connectivity index (χ1n) is 7.63. The number of thiophene rings is 1. The lowest BCUT2D eigenvalue weighted by molar-refractivity contribution is -0.683. The van der Waals surface area contributed by atoms with Gasteiger partial charge in [-0.05, 0) is 26.3 Å². The van der Waals surface area contributed by atoms with E-state index in [0.717, 1.165) is 11.3 Å². The molecule has 0 bridgehead atoms. The van der Waals surface area contributed by atoms with Gasteiger partial charge in [-0.15, -0.1) is 11.3 Å². The van der Waals surface area contributed by atoms with Crippen LogP contribution in [0.15, 0.2) is 4.79 Å². The van der Waals surface area contributed by atoms with Crippen molar-refractivity contribution in [1.82, 2.24) is 15.3 Å². The summed E-state index contributed by atoms with van der Waals surface area (Å²) >= 11 is 1.15. The van der Waals surface area contributed by atoms with Gasteiger partial charge in [-0.1, -0.05) is 0 Å². The molecule has 8 nitrogen and oxygen atoms in total. The summed E-state index contributed by atoms with van der Waals surface area (Å²) in [4.78, 5) is 43.8. The van der Waals surface area contributed by atoms with Crippen LogP contribution < -0.4 is 16.2 Å². The fourth-order valence-corrected chi connectivity index (χ4v) is 3.35. The molecule has 0 saturated carbocycles. The van der Waals surface area contributed by atoms with E-state index in [-0.39, 0.29) is 30.7 Å². The third-order valence-corrected chi connectivity index (χ3v) is 4.81. The Bertz CT molecular complexity index is 827. The van der Waals surface area contributed by atoms with Crippen LogP contribution in [0, 0.1) is 6.92 Å². The number of nitrogens with one attached hydrogen (secondary N) is 2. The molecule has 24 heavy (non-hydrogen) atoms. The lowest BCUT2D eigenvalue weighted by Gasteiger charge is -2.09. The number of fused-ring (bicyclic) bond motifs is 1. The second-order valence-electron chi connectivity index (χ2n) is 5.31. The SMILES string of the molecule is CCOC(=O)c1sc2nc([C@H](C)[NH2+]CC(=O)NC)[nH]c(=O)c2c1C. The number of carbonyl (C=O) groups is 2. The van der Waals surface area contributed by atoms with Crippen LogP contribution in [-0.2, 0) is 9.53 Å².